The summed E-state index contributed by atoms with van der Waals surface area (Å²) >= 11 is 0. The fraction of sp³-hybridized carbons (Fsp3) is 0.963. The summed E-state index contributed by atoms with van der Waals surface area (Å²) < 4.78 is 5.77. The molecule has 0 aliphatic heterocycles. The molecular formula is C27H54N4O2. The van der Waals surface area contributed by atoms with Gasteiger partial charge in [0.25, 0.3) is 0 Å². The molecular weight excluding hydrogens is 412 g/mol. The van der Waals surface area contributed by atoms with Gasteiger partial charge in [-0.3, -0.25) is 0 Å². The van der Waals surface area contributed by atoms with E-state index in [2.05, 4.69) is 29.8 Å². The highest BCUT2D eigenvalue weighted by atomic mass is 16.5. The largest absolute Gasteiger partial charge is 0.389 e. The van der Waals surface area contributed by atoms with E-state index < -0.39 is 6.10 Å². The number of aliphatic hydroxyl groups is 1. The van der Waals surface area contributed by atoms with Gasteiger partial charge in [0.05, 0.1) is 18.8 Å². The van der Waals surface area contributed by atoms with Crippen molar-refractivity contribution in [1.29, 1.82) is 0 Å². The van der Waals surface area contributed by atoms with Gasteiger partial charge in [0.2, 0.25) is 0 Å². The number of hydrogen-bond donors (Lipinski definition) is 4. The van der Waals surface area contributed by atoms with Gasteiger partial charge in [-0.2, -0.15) is 0 Å². The van der Waals surface area contributed by atoms with E-state index in [0.29, 0.717) is 31.2 Å². The minimum atomic E-state index is -0.432. The molecule has 6 heteroatoms. The highest BCUT2D eigenvalue weighted by molar-refractivity contribution is 5.80. The van der Waals surface area contributed by atoms with E-state index in [-0.39, 0.29) is 0 Å². The summed E-state index contributed by atoms with van der Waals surface area (Å²) in [5.41, 5.74) is 0. The lowest BCUT2D eigenvalue weighted by Crippen LogP contribution is -2.45. The van der Waals surface area contributed by atoms with Gasteiger partial charge in [-0.25, -0.2) is 4.99 Å². The van der Waals surface area contributed by atoms with Crippen LogP contribution in [0.5, 0.6) is 0 Å². The van der Waals surface area contributed by atoms with E-state index in [4.69, 9.17) is 9.73 Å². The van der Waals surface area contributed by atoms with Crippen LogP contribution < -0.4 is 16.0 Å². The number of unbranched alkanes of at least 4 members (excludes halogenated alkanes) is 1. The zero-order valence-electron chi connectivity index (χ0n) is 21.8. The van der Waals surface area contributed by atoms with E-state index >= 15 is 0 Å². The van der Waals surface area contributed by atoms with E-state index in [1.165, 1.54) is 83.5 Å². The van der Waals surface area contributed by atoms with Gasteiger partial charge < -0.3 is 25.8 Å². The molecule has 2 aliphatic rings. The Morgan fingerprint density at radius 1 is 0.939 bits per heavy atom. The van der Waals surface area contributed by atoms with Gasteiger partial charge in [-0.1, -0.05) is 71.6 Å². The lowest BCUT2D eigenvalue weighted by Gasteiger charge is -2.27. The topological polar surface area (TPSA) is 77.9 Å². The molecule has 0 aromatic heterocycles. The Kier molecular flexibility index (Phi) is 15.9. The lowest BCUT2D eigenvalue weighted by molar-refractivity contribution is 0.0194. The van der Waals surface area contributed by atoms with Crippen LogP contribution >= 0.6 is 0 Å². The standard InChI is InChI=1S/C27H54N4O2/c1-3-5-13-23(4-2)21-33-22-26(32)20-28-18-12-19-29-27(30-24-14-8-6-9-15-24)31-25-16-10-7-11-17-25/h23-26,28,32H,3-22H2,1-2H3,(H2,29,30,31). The summed E-state index contributed by atoms with van der Waals surface area (Å²) in [6.07, 6.45) is 18.5. The smallest absolute Gasteiger partial charge is 0.191 e. The maximum absolute atomic E-state index is 10.2. The summed E-state index contributed by atoms with van der Waals surface area (Å²) in [5, 5.41) is 20.9. The van der Waals surface area contributed by atoms with Crippen molar-refractivity contribution in [2.45, 2.75) is 128 Å². The predicted octanol–water partition coefficient (Wildman–Crippen LogP) is 4.76. The summed E-state index contributed by atoms with van der Waals surface area (Å²) in [7, 11) is 0. The molecule has 2 rings (SSSR count). The van der Waals surface area contributed by atoms with Crippen molar-refractivity contribution in [3.63, 3.8) is 0 Å². The molecule has 2 atom stereocenters. The molecule has 6 nitrogen and oxygen atoms in total. The molecule has 2 aliphatic carbocycles. The molecule has 0 amide bonds. The van der Waals surface area contributed by atoms with Crippen molar-refractivity contribution in [3.8, 4) is 0 Å². The van der Waals surface area contributed by atoms with E-state index in [0.717, 1.165) is 38.5 Å². The molecule has 0 aromatic rings. The minimum Gasteiger partial charge on any atom is -0.389 e. The number of aliphatic imine (C=N–C) groups is 1. The van der Waals surface area contributed by atoms with Crippen molar-refractivity contribution in [3.05, 3.63) is 0 Å². The highest BCUT2D eigenvalue weighted by Crippen LogP contribution is 2.21. The molecule has 2 saturated carbocycles. The van der Waals surface area contributed by atoms with Gasteiger partial charge in [0.1, 0.15) is 0 Å². The Balaban J connectivity index is 1.58. The van der Waals surface area contributed by atoms with Crippen LogP contribution in [0.4, 0.5) is 0 Å². The third-order valence-corrected chi connectivity index (χ3v) is 7.24. The Bertz CT molecular complexity index is 491. The molecule has 2 unspecified atom stereocenters. The molecule has 0 bridgehead atoms. The minimum absolute atomic E-state index is 0.428. The second-order valence-electron chi connectivity index (χ2n) is 10.3. The van der Waals surface area contributed by atoms with Gasteiger partial charge in [-0.05, 0) is 51.0 Å². The van der Waals surface area contributed by atoms with E-state index in [1.807, 2.05) is 0 Å². The fourth-order valence-corrected chi connectivity index (χ4v) is 4.98. The van der Waals surface area contributed by atoms with Crippen LogP contribution in [-0.2, 0) is 4.74 Å². The number of hydrogen-bond acceptors (Lipinski definition) is 4. The Morgan fingerprint density at radius 2 is 1.67 bits per heavy atom. The van der Waals surface area contributed by atoms with Crippen LogP contribution in [0.1, 0.15) is 110 Å². The highest BCUT2D eigenvalue weighted by Gasteiger charge is 2.17. The lowest BCUT2D eigenvalue weighted by atomic mass is 9.95. The van der Waals surface area contributed by atoms with E-state index in [9.17, 15) is 5.11 Å². The van der Waals surface area contributed by atoms with E-state index in [1.54, 1.807) is 0 Å². The Hall–Kier alpha value is -0.850. The quantitative estimate of drug-likeness (QED) is 0.150. The first-order valence-corrected chi connectivity index (χ1v) is 14.3. The maximum atomic E-state index is 10.2. The molecule has 0 heterocycles. The van der Waals surface area contributed by atoms with Crippen molar-refractivity contribution in [2.24, 2.45) is 10.9 Å². The van der Waals surface area contributed by atoms with Crippen LogP contribution in [0, 0.1) is 5.92 Å². The predicted molar refractivity (Wildman–Crippen MR) is 140 cm³/mol. The number of nitrogens with one attached hydrogen (secondary N) is 3. The molecule has 0 spiro atoms. The van der Waals surface area contributed by atoms with Crippen molar-refractivity contribution in [2.75, 3.05) is 32.8 Å². The third-order valence-electron chi connectivity index (χ3n) is 7.24. The van der Waals surface area contributed by atoms with Gasteiger partial charge >= 0.3 is 0 Å². The second-order valence-corrected chi connectivity index (χ2v) is 10.3. The van der Waals surface area contributed by atoms with Gasteiger partial charge in [0, 0.05) is 25.7 Å². The Labute approximate surface area is 204 Å². The van der Waals surface area contributed by atoms with Crippen LogP contribution in [0.15, 0.2) is 4.99 Å². The molecule has 194 valence electrons. The van der Waals surface area contributed by atoms with Gasteiger partial charge in [0.15, 0.2) is 5.96 Å². The SMILES string of the molecule is CCCCC(CC)COCC(O)CNCCCN/C(=N\C1CCCCC1)NC1CCCCC1. The molecule has 4 N–H and O–H groups in total. The van der Waals surface area contributed by atoms with Crippen LogP contribution in [0.25, 0.3) is 0 Å². The second kappa shape index (κ2) is 18.5. The van der Waals surface area contributed by atoms with Gasteiger partial charge in [-0.15, -0.1) is 0 Å². The third kappa shape index (κ3) is 13.6. The number of rotatable bonds is 16. The molecule has 2 fully saturated rings. The average Bonchev–Trinajstić information content (AvgIpc) is 2.84. The molecule has 33 heavy (non-hydrogen) atoms. The summed E-state index contributed by atoms with van der Waals surface area (Å²) in [5.74, 6) is 1.65. The maximum Gasteiger partial charge on any atom is 0.191 e. The number of ether oxygens (including phenoxy) is 1. The summed E-state index contributed by atoms with van der Waals surface area (Å²) in [6, 6.07) is 1.07. The van der Waals surface area contributed by atoms with Crippen molar-refractivity contribution >= 4 is 5.96 Å². The first kappa shape index (κ1) is 28.4. The average molecular weight is 467 g/mol. The van der Waals surface area contributed by atoms with Crippen LogP contribution in [0.3, 0.4) is 0 Å². The first-order valence-electron chi connectivity index (χ1n) is 14.3. The zero-order valence-corrected chi connectivity index (χ0v) is 21.8. The van der Waals surface area contributed by atoms with Crippen molar-refractivity contribution in [1.82, 2.24) is 16.0 Å². The van der Waals surface area contributed by atoms with Crippen LogP contribution in [0.2, 0.25) is 0 Å². The first-order chi connectivity index (χ1) is 16.2. The number of nitrogens with zero attached hydrogens (tertiary/aromatic N) is 1. The molecule has 0 saturated heterocycles. The summed E-state index contributed by atoms with van der Waals surface area (Å²) in [6.45, 7) is 8.04. The Morgan fingerprint density at radius 3 is 2.36 bits per heavy atom. The fourth-order valence-electron chi connectivity index (χ4n) is 4.98. The number of aliphatic hydroxyl groups excluding tert-OH is 1. The number of guanidine groups is 1. The normalized spacial score (nSPS) is 20.5. The summed E-state index contributed by atoms with van der Waals surface area (Å²) in [4.78, 5) is 5.07. The zero-order chi connectivity index (χ0) is 23.6. The van der Waals surface area contributed by atoms with Crippen molar-refractivity contribution < 1.29 is 9.84 Å². The molecule has 0 radical (unpaired) electrons. The van der Waals surface area contributed by atoms with Crippen LogP contribution in [-0.4, -0.2) is 62.1 Å². The monoisotopic (exact) mass is 466 g/mol. The molecule has 0 aromatic carbocycles.